The molecule has 2 N–H and O–H groups in total. The Hall–Kier alpha value is -0.960. The van der Waals surface area contributed by atoms with E-state index in [0.29, 0.717) is 12.1 Å². The highest BCUT2D eigenvalue weighted by atomic mass is 32.2. The molecule has 0 spiro atoms. The van der Waals surface area contributed by atoms with Crippen molar-refractivity contribution in [3.63, 3.8) is 0 Å². The zero-order chi connectivity index (χ0) is 12.0. The zero-order valence-electron chi connectivity index (χ0n) is 8.96. The summed E-state index contributed by atoms with van der Waals surface area (Å²) in [5.74, 6) is 0. The molecule has 8 heteroatoms. The first-order valence-electron chi connectivity index (χ1n) is 4.77. The Morgan fingerprint density at radius 1 is 1.62 bits per heavy atom. The Morgan fingerprint density at radius 2 is 2.38 bits per heavy atom. The molecule has 1 rings (SSSR count). The van der Waals surface area contributed by atoms with Crippen LogP contribution in [-0.2, 0) is 16.8 Å². The fourth-order valence-electron chi connectivity index (χ4n) is 1.02. The van der Waals surface area contributed by atoms with Crippen molar-refractivity contribution in [2.45, 2.75) is 13.0 Å². The van der Waals surface area contributed by atoms with Crippen LogP contribution in [0.25, 0.3) is 0 Å². The van der Waals surface area contributed by atoms with Gasteiger partial charge in [-0.05, 0) is 6.42 Å². The van der Waals surface area contributed by atoms with Crippen molar-refractivity contribution in [2.24, 2.45) is 0 Å². The first-order valence-corrected chi connectivity index (χ1v) is 6.21. The summed E-state index contributed by atoms with van der Waals surface area (Å²) < 4.78 is 31.3. The van der Waals surface area contributed by atoms with Crippen molar-refractivity contribution in [1.29, 1.82) is 0 Å². The second kappa shape index (κ2) is 5.94. The van der Waals surface area contributed by atoms with Crippen LogP contribution in [0.2, 0.25) is 0 Å². The van der Waals surface area contributed by atoms with Crippen LogP contribution in [0.5, 0.6) is 0 Å². The van der Waals surface area contributed by atoms with Crippen LogP contribution in [0.3, 0.4) is 0 Å². The number of hydrogen-bond acceptors (Lipinski definition) is 5. The molecule has 0 bridgehead atoms. The van der Waals surface area contributed by atoms with E-state index < -0.39 is 10.2 Å². The van der Waals surface area contributed by atoms with Gasteiger partial charge in [0, 0.05) is 26.3 Å². The van der Waals surface area contributed by atoms with E-state index in [9.17, 15) is 8.42 Å². The van der Waals surface area contributed by atoms with Gasteiger partial charge in [0.05, 0.1) is 12.2 Å². The lowest BCUT2D eigenvalue weighted by atomic mass is 10.5. The smallest absolute Gasteiger partial charge is 0.279 e. The molecule has 0 aromatic carbocycles. The SMILES string of the molecule is CN(CCCO)S(=O)(=O)NCc1ccon1. The molecule has 0 aliphatic carbocycles. The summed E-state index contributed by atoms with van der Waals surface area (Å²) in [6.07, 6.45) is 1.78. The summed E-state index contributed by atoms with van der Waals surface area (Å²) in [4.78, 5) is 0. The van der Waals surface area contributed by atoms with Crippen LogP contribution in [0.15, 0.2) is 16.9 Å². The summed E-state index contributed by atoms with van der Waals surface area (Å²) in [6.45, 7) is 0.316. The highest BCUT2D eigenvalue weighted by Crippen LogP contribution is 1.99. The second-order valence-corrected chi connectivity index (χ2v) is 5.08. The third-order valence-electron chi connectivity index (χ3n) is 1.97. The van der Waals surface area contributed by atoms with Crippen LogP contribution in [-0.4, -0.2) is 43.2 Å². The van der Waals surface area contributed by atoms with Crippen molar-refractivity contribution in [3.05, 3.63) is 18.0 Å². The average Bonchev–Trinajstić information content (AvgIpc) is 2.76. The molecule has 0 fully saturated rings. The molecule has 0 aliphatic heterocycles. The molecule has 0 atom stereocenters. The highest BCUT2D eigenvalue weighted by Gasteiger charge is 2.16. The molecule has 1 aromatic heterocycles. The fraction of sp³-hybridized carbons (Fsp3) is 0.625. The molecule has 7 nitrogen and oxygen atoms in total. The van der Waals surface area contributed by atoms with E-state index in [1.807, 2.05) is 0 Å². The first-order chi connectivity index (χ1) is 7.56. The van der Waals surface area contributed by atoms with Gasteiger partial charge in [-0.2, -0.15) is 17.4 Å². The monoisotopic (exact) mass is 249 g/mol. The fourth-order valence-corrected chi connectivity index (χ4v) is 1.94. The summed E-state index contributed by atoms with van der Waals surface area (Å²) >= 11 is 0. The predicted octanol–water partition coefficient (Wildman–Crippen LogP) is -0.677. The van der Waals surface area contributed by atoms with Crippen LogP contribution < -0.4 is 4.72 Å². The van der Waals surface area contributed by atoms with Crippen molar-refractivity contribution in [2.75, 3.05) is 20.2 Å². The summed E-state index contributed by atoms with van der Waals surface area (Å²) in [5, 5.41) is 12.2. The lowest BCUT2D eigenvalue weighted by Gasteiger charge is -2.16. The van der Waals surface area contributed by atoms with Crippen molar-refractivity contribution in [1.82, 2.24) is 14.2 Å². The lowest BCUT2D eigenvalue weighted by Crippen LogP contribution is -2.38. The standard InChI is InChI=1S/C8H15N3O4S/c1-11(4-2-5-12)16(13,14)9-7-8-3-6-15-10-8/h3,6,9,12H,2,4-5,7H2,1H3. The number of hydrogen-bond donors (Lipinski definition) is 2. The predicted molar refractivity (Wildman–Crippen MR) is 56.6 cm³/mol. The lowest BCUT2D eigenvalue weighted by molar-refractivity contribution is 0.275. The summed E-state index contributed by atoms with van der Waals surface area (Å²) in [7, 11) is -2.07. The molecule has 0 saturated heterocycles. The Bertz CT molecular complexity index is 389. The molecule has 92 valence electrons. The van der Waals surface area contributed by atoms with E-state index in [-0.39, 0.29) is 19.7 Å². The van der Waals surface area contributed by atoms with Gasteiger partial charge in [-0.25, -0.2) is 0 Å². The summed E-state index contributed by atoms with van der Waals surface area (Å²) in [6, 6.07) is 1.58. The van der Waals surface area contributed by atoms with Gasteiger partial charge in [-0.1, -0.05) is 5.16 Å². The van der Waals surface area contributed by atoms with Crippen LogP contribution in [0, 0.1) is 0 Å². The molecule has 0 saturated carbocycles. The van der Waals surface area contributed by atoms with E-state index in [4.69, 9.17) is 5.11 Å². The third kappa shape index (κ3) is 3.89. The normalized spacial score (nSPS) is 12.2. The van der Waals surface area contributed by atoms with Gasteiger partial charge in [0.1, 0.15) is 6.26 Å². The Morgan fingerprint density at radius 3 is 2.94 bits per heavy atom. The van der Waals surface area contributed by atoms with Crippen molar-refractivity contribution in [3.8, 4) is 0 Å². The summed E-state index contributed by atoms with van der Waals surface area (Å²) in [5.41, 5.74) is 0.513. The molecule has 16 heavy (non-hydrogen) atoms. The number of rotatable bonds is 7. The van der Waals surface area contributed by atoms with Gasteiger partial charge < -0.3 is 9.63 Å². The van der Waals surface area contributed by atoms with E-state index in [1.165, 1.54) is 13.3 Å². The minimum Gasteiger partial charge on any atom is -0.396 e. The molecular weight excluding hydrogens is 234 g/mol. The Balaban J connectivity index is 2.45. The number of nitrogens with zero attached hydrogens (tertiary/aromatic N) is 2. The maximum atomic E-state index is 11.6. The maximum absolute atomic E-state index is 11.6. The van der Waals surface area contributed by atoms with Crippen molar-refractivity contribution >= 4 is 10.2 Å². The van der Waals surface area contributed by atoms with Crippen LogP contribution in [0.1, 0.15) is 12.1 Å². The molecule has 1 aromatic rings. The largest absolute Gasteiger partial charge is 0.396 e. The molecule has 0 unspecified atom stereocenters. The topological polar surface area (TPSA) is 95.7 Å². The minimum atomic E-state index is -3.52. The van der Waals surface area contributed by atoms with Crippen molar-refractivity contribution < 1.29 is 18.0 Å². The van der Waals surface area contributed by atoms with Gasteiger partial charge in [0.2, 0.25) is 0 Å². The highest BCUT2D eigenvalue weighted by molar-refractivity contribution is 7.87. The van der Waals surface area contributed by atoms with Gasteiger partial charge >= 0.3 is 0 Å². The minimum absolute atomic E-state index is 0.0385. The molecule has 1 heterocycles. The quantitative estimate of drug-likeness (QED) is 0.667. The Kier molecular flexibility index (Phi) is 4.87. The van der Waals surface area contributed by atoms with Crippen LogP contribution >= 0.6 is 0 Å². The Labute approximate surface area is 94.2 Å². The molecule has 0 amide bonds. The van der Waals surface area contributed by atoms with E-state index >= 15 is 0 Å². The first kappa shape index (κ1) is 13.1. The molecule has 0 radical (unpaired) electrons. The van der Waals surface area contributed by atoms with Gasteiger partial charge in [0.25, 0.3) is 10.2 Å². The van der Waals surface area contributed by atoms with Crippen LogP contribution in [0.4, 0.5) is 0 Å². The van der Waals surface area contributed by atoms with E-state index in [2.05, 4.69) is 14.4 Å². The number of nitrogens with one attached hydrogen (secondary N) is 1. The third-order valence-corrected chi connectivity index (χ3v) is 3.48. The van der Waals surface area contributed by atoms with Gasteiger partial charge in [-0.15, -0.1) is 0 Å². The van der Waals surface area contributed by atoms with E-state index in [1.54, 1.807) is 6.07 Å². The number of aliphatic hydroxyl groups excluding tert-OH is 1. The number of aliphatic hydroxyl groups is 1. The van der Waals surface area contributed by atoms with Gasteiger partial charge in [0.15, 0.2) is 0 Å². The second-order valence-electron chi connectivity index (χ2n) is 3.22. The average molecular weight is 249 g/mol. The maximum Gasteiger partial charge on any atom is 0.279 e. The van der Waals surface area contributed by atoms with Gasteiger partial charge in [-0.3, -0.25) is 0 Å². The number of aromatic nitrogens is 1. The zero-order valence-corrected chi connectivity index (χ0v) is 9.77. The molecular formula is C8H15N3O4S. The molecule has 0 aliphatic rings. The van der Waals surface area contributed by atoms with E-state index in [0.717, 1.165) is 4.31 Å².